The van der Waals surface area contributed by atoms with Crippen LogP contribution in [0.3, 0.4) is 0 Å². The molecule has 1 N–H and O–H groups in total. The molecule has 140 valence electrons. The van der Waals surface area contributed by atoms with Crippen LogP contribution in [0, 0.1) is 0 Å². The van der Waals surface area contributed by atoms with Crippen molar-refractivity contribution in [2.45, 2.75) is 5.22 Å². The minimum absolute atomic E-state index is 0.160. The third-order valence-electron chi connectivity index (χ3n) is 3.96. The van der Waals surface area contributed by atoms with Gasteiger partial charge in [0.05, 0.1) is 18.4 Å². The number of carbonyl (C=O) groups excluding carboxylic acids is 1. The first kappa shape index (κ1) is 18.0. The van der Waals surface area contributed by atoms with Crippen molar-refractivity contribution in [3.63, 3.8) is 0 Å². The number of pyridine rings is 1. The van der Waals surface area contributed by atoms with Crippen molar-refractivity contribution in [1.29, 1.82) is 0 Å². The summed E-state index contributed by atoms with van der Waals surface area (Å²) in [6.45, 7) is 0. The van der Waals surface area contributed by atoms with Crippen molar-refractivity contribution in [3.8, 4) is 17.2 Å². The van der Waals surface area contributed by atoms with E-state index < -0.39 is 0 Å². The molecule has 7 nitrogen and oxygen atoms in total. The highest BCUT2D eigenvalue weighted by Gasteiger charge is 2.12. The standard InChI is InChI=1S/C20H16N4O3S/c1-26-16-7-5-15(6-8-16)22-18(25)12-28-20-24-23-19(27-20)14-4-9-17-13(11-14)3-2-10-21-17/h2-11H,12H2,1H3,(H,22,25). The normalized spacial score (nSPS) is 10.8. The van der Waals surface area contributed by atoms with Gasteiger partial charge in [0, 0.05) is 22.8 Å². The zero-order valence-electron chi connectivity index (χ0n) is 15.0. The number of carbonyl (C=O) groups is 1. The van der Waals surface area contributed by atoms with E-state index in [0.717, 1.165) is 22.2 Å². The Morgan fingerprint density at radius 2 is 2.00 bits per heavy atom. The van der Waals surface area contributed by atoms with Crippen molar-refractivity contribution < 1.29 is 13.9 Å². The van der Waals surface area contributed by atoms with Gasteiger partial charge in [-0.3, -0.25) is 9.78 Å². The molecule has 0 radical (unpaired) electrons. The van der Waals surface area contributed by atoms with Crippen LogP contribution in [-0.2, 0) is 4.79 Å². The van der Waals surface area contributed by atoms with Crippen LogP contribution >= 0.6 is 11.8 Å². The predicted molar refractivity (Wildman–Crippen MR) is 107 cm³/mol. The zero-order valence-corrected chi connectivity index (χ0v) is 15.8. The summed E-state index contributed by atoms with van der Waals surface area (Å²) < 4.78 is 10.8. The molecule has 4 rings (SSSR count). The number of amides is 1. The average Bonchev–Trinajstić information content (AvgIpc) is 3.21. The largest absolute Gasteiger partial charge is 0.497 e. The van der Waals surface area contributed by atoms with Gasteiger partial charge in [0.2, 0.25) is 11.8 Å². The van der Waals surface area contributed by atoms with Gasteiger partial charge in [-0.1, -0.05) is 17.8 Å². The Morgan fingerprint density at radius 3 is 2.82 bits per heavy atom. The summed E-state index contributed by atoms with van der Waals surface area (Å²) in [7, 11) is 1.59. The number of hydrogen-bond acceptors (Lipinski definition) is 7. The number of nitrogens with zero attached hydrogens (tertiary/aromatic N) is 3. The van der Waals surface area contributed by atoms with E-state index in [2.05, 4.69) is 20.5 Å². The van der Waals surface area contributed by atoms with E-state index in [1.165, 1.54) is 11.8 Å². The second-order valence-corrected chi connectivity index (χ2v) is 6.78. The van der Waals surface area contributed by atoms with Crippen molar-refractivity contribution in [1.82, 2.24) is 15.2 Å². The Labute approximate surface area is 165 Å². The second-order valence-electron chi connectivity index (χ2n) is 5.85. The minimum atomic E-state index is -0.160. The number of anilines is 1. The number of methoxy groups -OCH3 is 1. The molecule has 0 aliphatic carbocycles. The minimum Gasteiger partial charge on any atom is -0.497 e. The van der Waals surface area contributed by atoms with Crippen LogP contribution in [0.25, 0.3) is 22.4 Å². The molecule has 2 aromatic heterocycles. The van der Waals surface area contributed by atoms with Crippen LogP contribution < -0.4 is 10.1 Å². The van der Waals surface area contributed by atoms with Crippen LogP contribution in [0.4, 0.5) is 5.69 Å². The highest BCUT2D eigenvalue weighted by molar-refractivity contribution is 7.99. The molecule has 0 fully saturated rings. The monoisotopic (exact) mass is 392 g/mol. The van der Waals surface area contributed by atoms with Crippen LogP contribution in [-0.4, -0.2) is 34.0 Å². The van der Waals surface area contributed by atoms with Crippen molar-refractivity contribution in [2.75, 3.05) is 18.2 Å². The van der Waals surface area contributed by atoms with Gasteiger partial charge in [0.1, 0.15) is 5.75 Å². The van der Waals surface area contributed by atoms with Gasteiger partial charge in [0.15, 0.2) is 0 Å². The molecule has 1 amide bonds. The summed E-state index contributed by atoms with van der Waals surface area (Å²) in [5, 5.41) is 12.2. The van der Waals surface area contributed by atoms with Gasteiger partial charge < -0.3 is 14.5 Å². The first-order chi connectivity index (χ1) is 13.7. The summed E-state index contributed by atoms with van der Waals surface area (Å²) in [6.07, 6.45) is 1.75. The lowest BCUT2D eigenvalue weighted by molar-refractivity contribution is -0.113. The van der Waals surface area contributed by atoms with E-state index in [-0.39, 0.29) is 11.7 Å². The maximum atomic E-state index is 12.1. The molecule has 2 aromatic carbocycles. The van der Waals surface area contributed by atoms with E-state index in [1.807, 2.05) is 30.3 Å². The smallest absolute Gasteiger partial charge is 0.277 e. The summed E-state index contributed by atoms with van der Waals surface area (Å²) in [6, 6.07) is 16.7. The average molecular weight is 392 g/mol. The quantitative estimate of drug-likeness (QED) is 0.496. The molecular formula is C20H16N4O3S. The predicted octanol–water partition coefficient (Wildman–Crippen LogP) is 4.02. The van der Waals surface area contributed by atoms with Crippen molar-refractivity contribution in [3.05, 3.63) is 60.8 Å². The highest BCUT2D eigenvalue weighted by atomic mass is 32.2. The molecule has 0 bridgehead atoms. The molecule has 0 saturated heterocycles. The van der Waals surface area contributed by atoms with Gasteiger partial charge in [-0.2, -0.15) is 0 Å². The number of benzene rings is 2. The molecular weight excluding hydrogens is 376 g/mol. The summed E-state index contributed by atoms with van der Waals surface area (Å²) >= 11 is 1.19. The Kier molecular flexibility index (Phi) is 5.20. The molecule has 2 heterocycles. The summed E-state index contributed by atoms with van der Waals surface area (Å²) in [5.74, 6) is 1.14. The van der Waals surface area contributed by atoms with Gasteiger partial charge in [-0.25, -0.2) is 0 Å². The molecule has 0 unspecified atom stereocenters. The lowest BCUT2D eigenvalue weighted by Crippen LogP contribution is -2.13. The van der Waals surface area contributed by atoms with E-state index in [9.17, 15) is 4.79 Å². The van der Waals surface area contributed by atoms with Crippen molar-refractivity contribution >= 4 is 34.3 Å². The molecule has 0 atom stereocenters. The molecule has 4 aromatic rings. The van der Waals surface area contributed by atoms with E-state index in [4.69, 9.17) is 9.15 Å². The van der Waals surface area contributed by atoms with Crippen LogP contribution in [0.2, 0.25) is 0 Å². The fourth-order valence-corrected chi connectivity index (χ4v) is 3.16. The number of rotatable bonds is 6. The Bertz CT molecular complexity index is 1110. The highest BCUT2D eigenvalue weighted by Crippen LogP contribution is 2.26. The topological polar surface area (TPSA) is 90.1 Å². The van der Waals surface area contributed by atoms with Gasteiger partial charge in [-0.05, 0) is 48.5 Å². The number of hydrogen-bond donors (Lipinski definition) is 1. The molecule has 0 saturated carbocycles. The fraction of sp³-hybridized carbons (Fsp3) is 0.100. The number of fused-ring (bicyclic) bond motifs is 1. The molecule has 0 aliphatic rings. The lowest BCUT2D eigenvalue weighted by Gasteiger charge is -2.05. The van der Waals surface area contributed by atoms with Gasteiger partial charge >= 0.3 is 0 Å². The SMILES string of the molecule is COc1ccc(NC(=O)CSc2nnc(-c3ccc4ncccc4c3)o2)cc1. The first-order valence-electron chi connectivity index (χ1n) is 8.46. The lowest BCUT2D eigenvalue weighted by atomic mass is 10.1. The van der Waals surface area contributed by atoms with Crippen LogP contribution in [0.15, 0.2) is 70.4 Å². The van der Waals surface area contributed by atoms with Crippen LogP contribution in [0.1, 0.15) is 0 Å². The number of thioether (sulfide) groups is 1. The Morgan fingerprint density at radius 1 is 1.14 bits per heavy atom. The zero-order chi connectivity index (χ0) is 19.3. The van der Waals surface area contributed by atoms with E-state index in [1.54, 1.807) is 37.6 Å². The molecule has 0 aliphatic heterocycles. The summed E-state index contributed by atoms with van der Waals surface area (Å²) in [5.41, 5.74) is 2.40. The number of nitrogens with one attached hydrogen (secondary N) is 1. The van der Waals surface area contributed by atoms with Gasteiger partial charge in [0.25, 0.3) is 5.22 Å². The first-order valence-corrected chi connectivity index (χ1v) is 9.45. The molecule has 8 heteroatoms. The number of ether oxygens (including phenoxy) is 1. The third-order valence-corrected chi connectivity index (χ3v) is 4.78. The fourth-order valence-electron chi connectivity index (χ4n) is 2.59. The maximum absolute atomic E-state index is 12.1. The summed E-state index contributed by atoms with van der Waals surface area (Å²) in [4.78, 5) is 16.4. The van der Waals surface area contributed by atoms with E-state index >= 15 is 0 Å². The molecule has 0 spiro atoms. The third kappa shape index (κ3) is 4.12. The van der Waals surface area contributed by atoms with E-state index in [0.29, 0.717) is 16.8 Å². The Hall–Kier alpha value is -3.39. The maximum Gasteiger partial charge on any atom is 0.277 e. The Balaban J connectivity index is 1.37. The van der Waals surface area contributed by atoms with Gasteiger partial charge in [-0.15, -0.1) is 10.2 Å². The van der Waals surface area contributed by atoms with Crippen LogP contribution in [0.5, 0.6) is 5.75 Å². The van der Waals surface area contributed by atoms with Crippen molar-refractivity contribution in [2.24, 2.45) is 0 Å². The molecule has 28 heavy (non-hydrogen) atoms. The second kappa shape index (κ2) is 8.10. The number of aromatic nitrogens is 3.